The number of ether oxygens (including phenoxy) is 1. The molecule has 26 heavy (non-hydrogen) atoms. The van der Waals surface area contributed by atoms with Crippen molar-refractivity contribution in [2.75, 3.05) is 18.2 Å². The van der Waals surface area contributed by atoms with Crippen LogP contribution in [0.3, 0.4) is 0 Å². The van der Waals surface area contributed by atoms with Gasteiger partial charge in [-0.3, -0.25) is 4.79 Å². The van der Waals surface area contributed by atoms with E-state index in [-0.39, 0.29) is 5.91 Å². The SMILES string of the molecule is COc1cccc(Nc2nnc(SCC(=O)NC3CCCCCC3)s2)c1. The molecule has 1 aromatic heterocycles. The topological polar surface area (TPSA) is 76.1 Å². The molecule has 0 aliphatic heterocycles. The number of nitrogens with one attached hydrogen (secondary N) is 2. The van der Waals surface area contributed by atoms with Gasteiger partial charge in [0.05, 0.1) is 12.9 Å². The van der Waals surface area contributed by atoms with Crippen LogP contribution >= 0.6 is 23.1 Å². The van der Waals surface area contributed by atoms with Crippen molar-refractivity contribution in [3.05, 3.63) is 24.3 Å². The summed E-state index contributed by atoms with van der Waals surface area (Å²) in [6, 6.07) is 7.98. The van der Waals surface area contributed by atoms with Gasteiger partial charge in [0.25, 0.3) is 0 Å². The lowest BCUT2D eigenvalue weighted by atomic mass is 10.1. The Morgan fingerprint density at radius 2 is 2.08 bits per heavy atom. The maximum absolute atomic E-state index is 12.2. The molecule has 0 unspecified atom stereocenters. The Bertz CT molecular complexity index is 715. The summed E-state index contributed by atoms with van der Waals surface area (Å²) in [6.07, 6.45) is 7.21. The Hall–Kier alpha value is -1.80. The van der Waals surface area contributed by atoms with E-state index in [1.807, 2.05) is 24.3 Å². The summed E-state index contributed by atoms with van der Waals surface area (Å²) in [7, 11) is 1.64. The number of nitrogens with zero attached hydrogens (tertiary/aromatic N) is 2. The fourth-order valence-electron chi connectivity index (χ4n) is 2.96. The number of methoxy groups -OCH3 is 1. The van der Waals surface area contributed by atoms with Crippen molar-refractivity contribution in [2.24, 2.45) is 0 Å². The third kappa shape index (κ3) is 5.88. The van der Waals surface area contributed by atoms with Gasteiger partial charge < -0.3 is 15.4 Å². The van der Waals surface area contributed by atoms with Gasteiger partial charge in [-0.25, -0.2) is 0 Å². The highest BCUT2D eigenvalue weighted by molar-refractivity contribution is 8.01. The number of rotatable bonds is 7. The molecule has 1 aliphatic carbocycles. The summed E-state index contributed by atoms with van der Waals surface area (Å²) in [5, 5.41) is 15.3. The molecular weight excluding hydrogens is 368 g/mol. The first-order valence-electron chi connectivity index (χ1n) is 8.89. The second-order valence-electron chi connectivity index (χ2n) is 6.27. The van der Waals surface area contributed by atoms with Crippen LogP contribution in [0.1, 0.15) is 38.5 Å². The number of amides is 1. The second-order valence-corrected chi connectivity index (χ2v) is 8.47. The highest BCUT2D eigenvalue weighted by atomic mass is 32.2. The quantitative estimate of drug-likeness (QED) is 0.543. The van der Waals surface area contributed by atoms with Gasteiger partial charge in [-0.05, 0) is 25.0 Å². The van der Waals surface area contributed by atoms with E-state index >= 15 is 0 Å². The molecule has 0 spiro atoms. The van der Waals surface area contributed by atoms with Crippen LogP contribution in [0.5, 0.6) is 5.75 Å². The molecule has 1 saturated carbocycles. The Morgan fingerprint density at radius 3 is 2.85 bits per heavy atom. The zero-order valence-corrected chi connectivity index (χ0v) is 16.5. The number of carbonyl (C=O) groups excluding carboxylic acids is 1. The van der Waals surface area contributed by atoms with Crippen molar-refractivity contribution in [3.63, 3.8) is 0 Å². The van der Waals surface area contributed by atoms with Gasteiger partial charge in [0.2, 0.25) is 11.0 Å². The van der Waals surface area contributed by atoms with Gasteiger partial charge in [-0.2, -0.15) is 0 Å². The predicted octanol–water partition coefficient (Wildman–Crippen LogP) is 4.22. The van der Waals surface area contributed by atoms with Gasteiger partial charge in [0.1, 0.15) is 5.75 Å². The average Bonchev–Trinajstić information content (AvgIpc) is 2.94. The minimum Gasteiger partial charge on any atom is -0.497 e. The van der Waals surface area contributed by atoms with Crippen LogP contribution in [0, 0.1) is 0 Å². The van der Waals surface area contributed by atoms with Crippen molar-refractivity contribution < 1.29 is 9.53 Å². The lowest BCUT2D eigenvalue weighted by Crippen LogP contribution is -2.35. The lowest BCUT2D eigenvalue weighted by molar-refractivity contribution is -0.119. The van der Waals surface area contributed by atoms with E-state index in [0.717, 1.165) is 28.6 Å². The molecular formula is C18H24N4O2S2. The molecule has 0 atom stereocenters. The predicted molar refractivity (Wildman–Crippen MR) is 107 cm³/mol. The van der Waals surface area contributed by atoms with E-state index < -0.39 is 0 Å². The number of hydrogen-bond donors (Lipinski definition) is 2. The molecule has 8 heteroatoms. The summed E-state index contributed by atoms with van der Waals surface area (Å²) < 4.78 is 6.00. The van der Waals surface area contributed by atoms with Crippen LogP contribution in [0.25, 0.3) is 0 Å². The van der Waals surface area contributed by atoms with E-state index in [1.54, 1.807) is 7.11 Å². The molecule has 0 radical (unpaired) electrons. The molecule has 1 aliphatic rings. The van der Waals surface area contributed by atoms with Crippen LogP contribution in [0.2, 0.25) is 0 Å². The Labute approximate surface area is 162 Å². The summed E-state index contributed by atoms with van der Waals surface area (Å²) in [5.41, 5.74) is 0.892. The van der Waals surface area contributed by atoms with Gasteiger partial charge in [0, 0.05) is 17.8 Å². The van der Waals surface area contributed by atoms with E-state index in [4.69, 9.17) is 4.74 Å². The number of hydrogen-bond acceptors (Lipinski definition) is 7. The molecule has 6 nitrogen and oxygen atoms in total. The zero-order valence-electron chi connectivity index (χ0n) is 14.9. The monoisotopic (exact) mass is 392 g/mol. The second kappa shape index (κ2) is 9.78. The van der Waals surface area contributed by atoms with Crippen LogP contribution < -0.4 is 15.4 Å². The first-order chi connectivity index (χ1) is 12.7. The number of thioether (sulfide) groups is 1. The standard InChI is InChI=1S/C18H24N4O2S2/c1-24-15-10-6-9-14(11-15)20-17-21-22-18(26-17)25-12-16(23)19-13-7-4-2-3-5-8-13/h6,9-11,13H,2-5,7-8,12H2,1H3,(H,19,23)(H,20,21). The number of aromatic nitrogens is 2. The molecule has 1 aromatic carbocycles. The molecule has 2 N–H and O–H groups in total. The maximum Gasteiger partial charge on any atom is 0.230 e. The molecule has 3 rings (SSSR count). The van der Waals surface area contributed by atoms with Gasteiger partial charge in [-0.1, -0.05) is 54.8 Å². The molecule has 1 heterocycles. The molecule has 1 amide bonds. The first-order valence-corrected chi connectivity index (χ1v) is 10.7. The Morgan fingerprint density at radius 1 is 1.27 bits per heavy atom. The van der Waals surface area contributed by atoms with Gasteiger partial charge in [-0.15, -0.1) is 10.2 Å². The zero-order chi connectivity index (χ0) is 18.2. The van der Waals surface area contributed by atoms with Crippen LogP contribution in [0.15, 0.2) is 28.6 Å². The van der Waals surface area contributed by atoms with Crippen LogP contribution in [-0.4, -0.2) is 35.0 Å². The van der Waals surface area contributed by atoms with E-state index in [0.29, 0.717) is 16.9 Å². The molecule has 2 aromatic rings. The average molecular weight is 393 g/mol. The highest BCUT2D eigenvalue weighted by Gasteiger charge is 2.15. The Kier molecular flexibility index (Phi) is 7.13. The smallest absolute Gasteiger partial charge is 0.230 e. The van der Waals surface area contributed by atoms with Crippen molar-refractivity contribution >= 4 is 39.8 Å². The number of benzene rings is 1. The fraction of sp³-hybridized carbons (Fsp3) is 0.500. The number of anilines is 2. The van der Waals surface area contributed by atoms with Crippen molar-refractivity contribution in [2.45, 2.75) is 48.9 Å². The minimum absolute atomic E-state index is 0.0828. The van der Waals surface area contributed by atoms with Crippen molar-refractivity contribution in [3.8, 4) is 5.75 Å². The molecule has 140 valence electrons. The fourth-order valence-corrected chi connectivity index (χ4v) is 4.55. The largest absolute Gasteiger partial charge is 0.497 e. The summed E-state index contributed by atoms with van der Waals surface area (Å²) in [5.74, 6) is 1.24. The summed E-state index contributed by atoms with van der Waals surface area (Å²) in [6.45, 7) is 0. The highest BCUT2D eigenvalue weighted by Crippen LogP contribution is 2.28. The van der Waals surface area contributed by atoms with E-state index in [2.05, 4.69) is 20.8 Å². The van der Waals surface area contributed by atoms with Crippen molar-refractivity contribution in [1.82, 2.24) is 15.5 Å². The third-order valence-electron chi connectivity index (χ3n) is 4.27. The summed E-state index contributed by atoms with van der Waals surface area (Å²) in [4.78, 5) is 12.2. The maximum atomic E-state index is 12.2. The minimum atomic E-state index is 0.0828. The normalized spacial score (nSPS) is 15.3. The van der Waals surface area contributed by atoms with Gasteiger partial charge >= 0.3 is 0 Å². The molecule has 0 saturated heterocycles. The van der Waals surface area contributed by atoms with Crippen LogP contribution in [-0.2, 0) is 4.79 Å². The van der Waals surface area contributed by atoms with E-state index in [1.165, 1.54) is 48.8 Å². The third-order valence-corrected chi connectivity index (χ3v) is 6.25. The Balaban J connectivity index is 1.46. The molecule has 1 fully saturated rings. The lowest BCUT2D eigenvalue weighted by Gasteiger charge is -2.15. The van der Waals surface area contributed by atoms with Crippen LogP contribution in [0.4, 0.5) is 10.8 Å². The van der Waals surface area contributed by atoms with Crippen molar-refractivity contribution in [1.29, 1.82) is 0 Å². The number of carbonyl (C=O) groups is 1. The van der Waals surface area contributed by atoms with E-state index in [9.17, 15) is 4.79 Å². The molecule has 0 bridgehead atoms. The first kappa shape index (κ1) is 19.0. The summed E-state index contributed by atoms with van der Waals surface area (Å²) >= 11 is 2.87. The van der Waals surface area contributed by atoms with Gasteiger partial charge in [0.15, 0.2) is 4.34 Å².